The maximum atomic E-state index is 12.6. The lowest BCUT2D eigenvalue weighted by Crippen LogP contribution is -2.06. The molecule has 0 saturated carbocycles. The van der Waals surface area contributed by atoms with Crippen molar-refractivity contribution in [2.45, 2.75) is 12.8 Å². The van der Waals surface area contributed by atoms with Crippen molar-refractivity contribution in [2.24, 2.45) is 0 Å². The van der Waals surface area contributed by atoms with Crippen molar-refractivity contribution in [1.82, 2.24) is 0 Å². The number of ketones is 1. The molecule has 1 aromatic carbocycles. The van der Waals surface area contributed by atoms with Crippen LogP contribution in [0.1, 0.15) is 23.2 Å². The molecule has 0 heterocycles. The first-order chi connectivity index (χ1) is 7.38. The smallest absolute Gasteiger partial charge is 0.162 e. The van der Waals surface area contributed by atoms with E-state index in [2.05, 4.69) is 0 Å². The van der Waals surface area contributed by atoms with Gasteiger partial charge in [-0.2, -0.15) is 0 Å². The summed E-state index contributed by atoms with van der Waals surface area (Å²) in [5.41, 5.74) is 0.412. The van der Waals surface area contributed by atoms with E-state index >= 15 is 0 Å². The van der Waals surface area contributed by atoms with Gasteiger partial charge in [0.15, 0.2) is 5.78 Å². The summed E-state index contributed by atoms with van der Waals surface area (Å²) in [7, 11) is -3.02. The lowest BCUT2D eigenvalue weighted by molar-refractivity contribution is 0.0982. The Morgan fingerprint density at radius 2 is 1.81 bits per heavy atom. The van der Waals surface area contributed by atoms with Crippen LogP contribution < -0.4 is 0 Å². The van der Waals surface area contributed by atoms with E-state index in [-0.39, 0.29) is 18.0 Å². The lowest BCUT2D eigenvalue weighted by atomic mass is 10.1. The number of hydrogen-bond acceptors (Lipinski definition) is 3. The van der Waals surface area contributed by atoms with Crippen LogP contribution in [0.4, 0.5) is 4.39 Å². The highest BCUT2D eigenvalue weighted by Crippen LogP contribution is 2.07. The molecule has 0 fully saturated rings. The van der Waals surface area contributed by atoms with Gasteiger partial charge >= 0.3 is 0 Å². The summed E-state index contributed by atoms with van der Waals surface area (Å²) < 4.78 is 34.2. The molecule has 5 heteroatoms. The van der Waals surface area contributed by atoms with Crippen LogP contribution in [0.2, 0.25) is 0 Å². The van der Waals surface area contributed by atoms with E-state index in [1.807, 2.05) is 0 Å². The highest BCUT2D eigenvalue weighted by Gasteiger charge is 2.08. The van der Waals surface area contributed by atoms with E-state index in [0.29, 0.717) is 12.0 Å². The third kappa shape index (κ3) is 4.53. The number of carbonyl (C=O) groups is 1. The Kier molecular flexibility index (Phi) is 4.18. The predicted octanol–water partition coefficient (Wildman–Crippen LogP) is 1.83. The lowest BCUT2D eigenvalue weighted by Gasteiger charge is -2.00. The van der Waals surface area contributed by atoms with Gasteiger partial charge in [0, 0.05) is 18.2 Å². The number of halogens is 1. The monoisotopic (exact) mass is 244 g/mol. The molecule has 0 aliphatic heterocycles. The highest BCUT2D eigenvalue weighted by atomic mass is 32.2. The van der Waals surface area contributed by atoms with Gasteiger partial charge in [0.2, 0.25) is 0 Å². The van der Waals surface area contributed by atoms with Crippen molar-refractivity contribution < 1.29 is 17.6 Å². The minimum atomic E-state index is -3.02. The molecule has 0 aliphatic rings. The van der Waals surface area contributed by atoms with E-state index in [0.717, 1.165) is 6.26 Å². The van der Waals surface area contributed by atoms with Crippen LogP contribution in [0.5, 0.6) is 0 Å². The van der Waals surface area contributed by atoms with Crippen molar-refractivity contribution >= 4 is 15.6 Å². The summed E-state index contributed by atoms with van der Waals surface area (Å²) in [4.78, 5) is 11.5. The van der Waals surface area contributed by atoms with Crippen molar-refractivity contribution in [3.63, 3.8) is 0 Å². The molecule has 3 nitrogen and oxygen atoms in total. The first kappa shape index (κ1) is 12.8. The van der Waals surface area contributed by atoms with Gasteiger partial charge in [-0.1, -0.05) is 0 Å². The topological polar surface area (TPSA) is 51.2 Å². The van der Waals surface area contributed by atoms with Gasteiger partial charge in [-0.05, 0) is 30.7 Å². The zero-order valence-corrected chi connectivity index (χ0v) is 9.76. The van der Waals surface area contributed by atoms with E-state index < -0.39 is 15.7 Å². The Labute approximate surface area is 94.2 Å². The first-order valence-electron chi connectivity index (χ1n) is 4.85. The number of hydrogen-bond donors (Lipinski definition) is 0. The van der Waals surface area contributed by atoms with E-state index in [4.69, 9.17) is 0 Å². The maximum absolute atomic E-state index is 12.6. The van der Waals surface area contributed by atoms with Crippen LogP contribution in [0.25, 0.3) is 0 Å². The number of Topliss-reactive ketones (excluding diaryl/α,β-unsaturated/α-hetero) is 1. The van der Waals surface area contributed by atoms with Crippen molar-refractivity contribution in [2.75, 3.05) is 12.0 Å². The second kappa shape index (κ2) is 5.21. The predicted molar refractivity (Wildman–Crippen MR) is 59.7 cm³/mol. The summed E-state index contributed by atoms with van der Waals surface area (Å²) in [5, 5.41) is 0. The third-order valence-electron chi connectivity index (χ3n) is 2.09. The minimum absolute atomic E-state index is 0.0000648. The zero-order valence-electron chi connectivity index (χ0n) is 8.94. The third-order valence-corrected chi connectivity index (χ3v) is 3.12. The summed E-state index contributed by atoms with van der Waals surface area (Å²) in [6.07, 6.45) is 1.60. The minimum Gasteiger partial charge on any atom is -0.294 e. The largest absolute Gasteiger partial charge is 0.294 e. The molecule has 0 aliphatic carbocycles. The SMILES string of the molecule is CS(=O)(=O)CCCC(=O)c1ccc(F)cc1. The van der Waals surface area contributed by atoms with Gasteiger partial charge in [0.1, 0.15) is 15.7 Å². The van der Waals surface area contributed by atoms with Gasteiger partial charge < -0.3 is 0 Å². The van der Waals surface area contributed by atoms with Crippen LogP contribution in [-0.4, -0.2) is 26.2 Å². The molecule has 0 radical (unpaired) electrons. The fraction of sp³-hybridized carbons (Fsp3) is 0.364. The van der Waals surface area contributed by atoms with E-state index in [1.54, 1.807) is 0 Å². The molecule has 88 valence electrons. The number of carbonyl (C=O) groups excluding carboxylic acids is 1. The molecular formula is C11H13FO3S. The van der Waals surface area contributed by atoms with Crippen molar-refractivity contribution in [3.8, 4) is 0 Å². The number of sulfone groups is 1. The van der Waals surface area contributed by atoms with Gasteiger partial charge in [0.05, 0.1) is 5.75 Å². The Bertz CT molecular complexity index is 463. The average molecular weight is 244 g/mol. The van der Waals surface area contributed by atoms with Crippen LogP contribution in [0, 0.1) is 5.82 Å². The molecule has 0 amide bonds. The van der Waals surface area contributed by atoms with Crippen molar-refractivity contribution in [3.05, 3.63) is 35.6 Å². The molecule has 0 unspecified atom stereocenters. The fourth-order valence-electron chi connectivity index (χ4n) is 1.28. The summed E-state index contributed by atoms with van der Waals surface area (Å²) >= 11 is 0. The summed E-state index contributed by atoms with van der Waals surface area (Å²) in [6, 6.07) is 5.23. The number of rotatable bonds is 5. The Morgan fingerprint density at radius 1 is 1.25 bits per heavy atom. The Balaban J connectivity index is 2.50. The van der Waals surface area contributed by atoms with Gasteiger partial charge in [-0.25, -0.2) is 12.8 Å². The highest BCUT2D eigenvalue weighted by molar-refractivity contribution is 7.90. The summed E-state index contributed by atoms with van der Waals surface area (Å²) in [5.74, 6) is -0.559. The average Bonchev–Trinajstić information content (AvgIpc) is 2.16. The molecular weight excluding hydrogens is 231 g/mol. The molecule has 0 bridgehead atoms. The molecule has 0 saturated heterocycles. The van der Waals surface area contributed by atoms with E-state index in [1.165, 1.54) is 24.3 Å². The second-order valence-corrected chi connectivity index (χ2v) is 5.92. The van der Waals surface area contributed by atoms with Gasteiger partial charge in [0.25, 0.3) is 0 Å². The molecule has 16 heavy (non-hydrogen) atoms. The van der Waals surface area contributed by atoms with Crippen LogP contribution in [-0.2, 0) is 9.84 Å². The summed E-state index contributed by atoms with van der Waals surface area (Å²) in [6.45, 7) is 0. The molecule has 0 atom stereocenters. The van der Waals surface area contributed by atoms with Gasteiger partial charge in [-0.15, -0.1) is 0 Å². The Hall–Kier alpha value is -1.23. The normalized spacial score (nSPS) is 11.4. The molecule has 0 aromatic heterocycles. The second-order valence-electron chi connectivity index (χ2n) is 3.66. The van der Waals surface area contributed by atoms with Crippen LogP contribution in [0.15, 0.2) is 24.3 Å². The van der Waals surface area contributed by atoms with Gasteiger partial charge in [-0.3, -0.25) is 4.79 Å². The van der Waals surface area contributed by atoms with Crippen molar-refractivity contribution in [1.29, 1.82) is 0 Å². The van der Waals surface area contributed by atoms with Crippen LogP contribution in [0.3, 0.4) is 0 Å². The zero-order chi connectivity index (χ0) is 12.2. The fourth-order valence-corrected chi connectivity index (χ4v) is 1.94. The molecule has 0 N–H and O–H groups in total. The van der Waals surface area contributed by atoms with E-state index in [9.17, 15) is 17.6 Å². The standard InChI is InChI=1S/C11H13FO3S/c1-16(14,15)8-2-3-11(13)9-4-6-10(12)7-5-9/h4-7H,2-3,8H2,1H3. The quantitative estimate of drug-likeness (QED) is 0.742. The molecule has 1 rings (SSSR count). The molecule has 1 aromatic rings. The van der Waals surface area contributed by atoms with Crippen LogP contribution >= 0.6 is 0 Å². The molecule has 0 spiro atoms. The first-order valence-corrected chi connectivity index (χ1v) is 6.91. The maximum Gasteiger partial charge on any atom is 0.162 e. The number of benzene rings is 1. The Morgan fingerprint density at radius 3 is 2.31 bits per heavy atom.